The maximum Gasteiger partial charge on any atom is 0.397 e. The van der Waals surface area contributed by atoms with Crippen LogP contribution in [0.25, 0.3) is 11.4 Å². The standard InChI is InChI=1S/C12H9N3O4/c1-6-3-7(4-8(5-13)9(6)16)10-14-11(19-15-10)12(17)18-2/h3-4,16H,1-2H3. The number of aryl methyl sites for hydroxylation is 1. The predicted octanol–water partition coefficient (Wildman–Crippen LogP) is 1.41. The molecule has 0 spiro atoms. The van der Waals surface area contributed by atoms with Crippen molar-refractivity contribution in [2.75, 3.05) is 7.11 Å². The number of aromatic hydroxyl groups is 1. The van der Waals surface area contributed by atoms with Crippen LogP contribution in [0.15, 0.2) is 16.7 Å². The molecule has 0 atom stereocenters. The number of esters is 1. The van der Waals surface area contributed by atoms with Gasteiger partial charge in [0, 0.05) is 5.56 Å². The summed E-state index contributed by atoms with van der Waals surface area (Å²) in [6.45, 7) is 1.64. The Labute approximate surface area is 108 Å². The van der Waals surface area contributed by atoms with Gasteiger partial charge in [-0.25, -0.2) is 4.79 Å². The summed E-state index contributed by atoms with van der Waals surface area (Å²) < 4.78 is 9.18. The van der Waals surface area contributed by atoms with Gasteiger partial charge in [0.15, 0.2) is 0 Å². The quantitative estimate of drug-likeness (QED) is 0.812. The average Bonchev–Trinajstić information content (AvgIpc) is 2.90. The van der Waals surface area contributed by atoms with E-state index >= 15 is 0 Å². The number of ether oxygens (including phenoxy) is 1. The van der Waals surface area contributed by atoms with Crippen LogP contribution in [0.4, 0.5) is 0 Å². The highest BCUT2D eigenvalue weighted by Gasteiger charge is 2.17. The molecule has 0 saturated carbocycles. The van der Waals surface area contributed by atoms with E-state index in [9.17, 15) is 9.90 Å². The van der Waals surface area contributed by atoms with Gasteiger partial charge in [0.05, 0.1) is 12.7 Å². The second-order valence-electron chi connectivity index (χ2n) is 3.72. The molecule has 0 bridgehead atoms. The minimum Gasteiger partial charge on any atom is -0.506 e. The van der Waals surface area contributed by atoms with Gasteiger partial charge in [0.25, 0.3) is 0 Å². The first kappa shape index (κ1) is 12.6. The van der Waals surface area contributed by atoms with Crippen LogP contribution < -0.4 is 0 Å². The number of nitrogens with zero attached hydrogens (tertiary/aromatic N) is 3. The summed E-state index contributed by atoms with van der Waals surface area (Å²) in [5.74, 6) is -0.973. The van der Waals surface area contributed by atoms with Crippen molar-refractivity contribution in [2.24, 2.45) is 0 Å². The molecular weight excluding hydrogens is 250 g/mol. The number of benzene rings is 1. The zero-order valence-electron chi connectivity index (χ0n) is 10.2. The average molecular weight is 259 g/mol. The largest absolute Gasteiger partial charge is 0.506 e. The minimum atomic E-state index is -0.741. The van der Waals surface area contributed by atoms with Gasteiger partial charge in [0.2, 0.25) is 5.82 Å². The van der Waals surface area contributed by atoms with Crippen LogP contribution in [-0.2, 0) is 4.74 Å². The van der Waals surface area contributed by atoms with Crippen LogP contribution in [0.5, 0.6) is 5.75 Å². The molecule has 7 nitrogen and oxygen atoms in total. The van der Waals surface area contributed by atoms with E-state index in [1.165, 1.54) is 13.2 Å². The Morgan fingerprint density at radius 2 is 2.26 bits per heavy atom. The fourth-order valence-electron chi connectivity index (χ4n) is 1.50. The van der Waals surface area contributed by atoms with Gasteiger partial charge >= 0.3 is 11.9 Å². The highest BCUT2D eigenvalue weighted by Crippen LogP contribution is 2.27. The molecular formula is C12H9N3O4. The second kappa shape index (κ2) is 4.78. The summed E-state index contributed by atoms with van der Waals surface area (Å²) in [5.41, 5.74) is 1.06. The van der Waals surface area contributed by atoms with Gasteiger partial charge in [-0.1, -0.05) is 5.16 Å². The van der Waals surface area contributed by atoms with Crippen LogP contribution in [0.3, 0.4) is 0 Å². The Balaban J connectivity index is 2.48. The Morgan fingerprint density at radius 3 is 2.89 bits per heavy atom. The van der Waals surface area contributed by atoms with Gasteiger partial charge in [-0.05, 0) is 24.6 Å². The Hall–Kier alpha value is -2.88. The molecule has 2 aromatic rings. The lowest BCUT2D eigenvalue weighted by Gasteiger charge is -2.02. The Bertz CT molecular complexity index is 685. The van der Waals surface area contributed by atoms with E-state index in [1.54, 1.807) is 13.0 Å². The topological polar surface area (TPSA) is 109 Å². The molecule has 1 heterocycles. The van der Waals surface area contributed by atoms with Gasteiger partial charge in [-0.2, -0.15) is 10.2 Å². The minimum absolute atomic E-state index is 0.0945. The van der Waals surface area contributed by atoms with E-state index in [0.29, 0.717) is 11.1 Å². The van der Waals surface area contributed by atoms with E-state index in [-0.39, 0.29) is 23.0 Å². The summed E-state index contributed by atoms with van der Waals surface area (Å²) in [5, 5.41) is 22.2. The number of carbonyl (C=O) groups is 1. The number of hydrogen-bond acceptors (Lipinski definition) is 7. The van der Waals surface area contributed by atoms with Crippen LogP contribution in [0.2, 0.25) is 0 Å². The van der Waals surface area contributed by atoms with Crippen molar-refractivity contribution in [1.82, 2.24) is 10.1 Å². The number of hydrogen-bond donors (Lipinski definition) is 1. The van der Waals surface area contributed by atoms with Crippen molar-refractivity contribution < 1.29 is 19.2 Å². The van der Waals surface area contributed by atoms with E-state index in [2.05, 4.69) is 14.9 Å². The summed E-state index contributed by atoms with van der Waals surface area (Å²) >= 11 is 0. The van der Waals surface area contributed by atoms with Crippen molar-refractivity contribution in [3.8, 4) is 23.2 Å². The zero-order valence-corrected chi connectivity index (χ0v) is 10.2. The number of aromatic nitrogens is 2. The third-order valence-corrected chi connectivity index (χ3v) is 2.47. The summed E-state index contributed by atoms with van der Waals surface area (Å²) in [6, 6.07) is 4.86. The second-order valence-corrected chi connectivity index (χ2v) is 3.72. The molecule has 19 heavy (non-hydrogen) atoms. The molecule has 0 aliphatic heterocycles. The molecule has 0 amide bonds. The lowest BCUT2D eigenvalue weighted by atomic mass is 10.1. The molecule has 0 saturated heterocycles. The van der Waals surface area contributed by atoms with Crippen molar-refractivity contribution in [3.63, 3.8) is 0 Å². The van der Waals surface area contributed by atoms with Crippen LogP contribution in [0, 0.1) is 18.3 Å². The number of methoxy groups -OCH3 is 1. The van der Waals surface area contributed by atoms with Crippen molar-refractivity contribution in [2.45, 2.75) is 6.92 Å². The molecule has 2 rings (SSSR count). The molecule has 0 aliphatic rings. The Morgan fingerprint density at radius 1 is 1.53 bits per heavy atom. The van der Waals surface area contributed by atoms with Crippen molar-refractivity contribution in [3.05, 3.63) is 29.2 Å². The van der Waals surface area contributed by atoms with Gasteiger partial charge < -0.3 is 14.4 Å². The molecule has 1 N–H and O–H groups in total. The first-order valence-electron chi connectivity index (χ1n) is 5.23. The van der Waals surface area contributed by atoms with Crippen LogP contribution >= 0.6 is 0 Å². The third kappa shape index (κ3) is 2.24. The molecule has 1 aromatic heterocycles. The number of carbonyl (C=O) groups excluding carboxylic acids is 1. The molecule has 96 valence electrons. The van der Waals surface area contributed by atoms with Crippen LogP contribution in [-0.4, -0.2) is 28.3 Å². The summed E-state index contributed by atoms with van der Waals surface area (Å²) in [6.07, 6.45) is 0. The summed E-state index contributed by atoms with van der Waals surface area (Å²) in [7, 11) is 1.20. The van der Waals surface area contributed by atoms with E-state index in [0.717, 1.165) is 0 Å². The van der Waals surface area contributed by atoms with E-state index in [4.69, 9.17) is 9.78 Å². The molecule has 1 aromatic carbocycles. The number of nitriles is 1. The highest BCUT2D eigenvalue weighted by molar-refractivity contribution is 5.84. The Kier molecular flexibility index (Phi) is 3.16. The molecule has 0 radical (unpaired) electrons. The van der Waals surface area contributed by atoms with Crippen LogP contribution in [0.1, 0.15) is 21.8 Å². The molecule has 0 aliphatic carbocycles. The zero-order chi connectivity index (χ0) is 14.0. The van der Waals surface area contributed by atoms with E-state index in [1.807, 2.05) is 6.07 Å². The molecule has 0 unspecified atom stereocenters. The van der Waals surface area contributed by atoms with Crippen molar-refractivity contribution >= 4 is 5.97 Å². The first-order chi connectivity index (χ1) is 9.06. The van der Waals surface area contributed by atoms with Gasteiger partial charge in [0.1, 0.15) is 11.8 Å². The third-order valence-electron chi connectivity index (χ3n) is 2.47. The van der Waals surface area contributed by atoms with Gasteiger partial charge in [-0.3, -0.25) is 0 Å². The normalized spacial score (nSPS) is 9.95. The first-order valence-corrected chi connectivity index (χ1v) is 5.23. The van der Waals surface area contributed by atoms with Gasteiger partial charge in [-0.15, -0.1) is 0 Å². The monoisotopic (exact) mass is 259 g/mol. The smallest absolute Gasteiger partial charge is 0.397 e. The number of phenols is 1. The maximum atomic E-state index is 11.2. The van der Waals surface area contributed by atoms with E-state index < -0.39 is 5.97 Å². The SMILES string of the molecule is COC(=O)c1nc(-c2cc(C)c(O)c(C#N)c2)no1. The number of rotatable bonds is 2. The fourth-order valence-corrected chi connectivity index (χ4v) is 1.50. The fraction of sp³-hybridized carbons (Fsp3) is 0.167. The predicted molar refractivity (Wildman–Crippen MR) is 62.2 cm³/mol. The summed E-state index contributed by atoms with van der Waals surface area (Å²) in [4.78, 5) is 15.0. The molecule has 0 fully saturated rings. The number of phenolic OH excluding ortho intramolecular Hbond substituents is 1. The maximum absolute atomic E-state index is 11.2. The lowest BCUT2D eigenvalue weighted by molar-refractivity contribution is 0.0545. The lowest BCUT2D eigenvalue weighted by Crippen LogP contribution is -2.01. The highest BCUT2D eigenvalue weighted by atomic mass is 16.6. The van der Waals surface area contributed by atoms with Crippen molar-refractivity contribution in [1.29, 1.82) is 5.26 Å². The molecule has 7 heteroatoms.